The zero-order valence-corrected chi connectivity index (χ0v) is 13.5. The second-order valence-corrected chi connectivity index (χ2v) is 5.90. The molecule has 24 heavy (non-hydrogen) atoms. The third kappa shape index (κ3) is 3.79. The SMILES string of the molecule is Cc1ccc(C(=O)NC(=O)Nc2nnc(-c3ccncc3)s2)cc1. The Hall–Kier alpha value is -3.13. The van der Waals surface area contributed by atoms with E-state index in [4.69, 9.17) is 0 Å². The Balaban J connectivity index is 1.62. The van der Waals surface area contributed by atoms with Crippen LogP contribution in [0.3, 0.4) is 0 Å². The van der Waals surface area contributed by atoms with Crippen molar-refractivity contribution in [1.29, 1.82) is 0 Å². The van der Waals surface area contributed by atoms with Crippen molar-refractivity contribution in [1.82, 2.24) is 20.5 Å². The molecule has 120 valence electrons. The van der Waals surface area contributed by atoms with E-state index in [1.54, 1.807) is 48.8 Å². The quantitative estimate of drug-likeness (QED) is 0.765. The summed E-state index contributed by atoms with van der Waals surface area (Å²) in [6.07, 6.45) is 3.30. The fraction of sp³-hybridized carbons (Fsp3) is 0.0625. The molecule has 0 fully saturated rings. The Labute approximate surface area is 141 Å². The largest absolute Gasteiger partial charge is 0.328 e. The smallest absolute Gasteiger partial charge is 0.282 e. The summed E-state index contributed by atoms with van der Waals surface area (Å²) >= 11 is 1.21. The van der Waals surface area contributed by atoms with Crippen LogP contribution in [0.15, 0.2) is 48.8 Å². The molecule has 0 aliphatic heterocycles. The van der Waals surface area contributed by atoms with Crippen LogP contribution < -0.4 is 10.6 Å². The molecular weight excluding hydrogens is 326 g/mol. The number of nitrogens with zero attached hydrogens (tertiary/aromatic N) is 3. The highest BCUT2D eigenvalue weighted by Crippen LogP contribution is 2.25. The maximum Gasteiger partial charge on any atom is 0.328 e. The van der Waals surface area contributed by atoms with Crippen LogP contribution in [0.5, 0.6) is 0 Å². The minimum atomic E-state index is -0.655. The van der Waals surface area contributed by atoms with Crippen molar-refractivity contribution in [3.05, 3.63) is 59.9 Å². The zero-order chi connectivity index (χ0) is 16.9. The molecule has 2 heterocycles. The standard InChI is InChI=1S/C16H13N5O2S/c1-10-2-4-11(5-3-10)13(22)18-15(23)19-16-21-20-14(24-16)12-6-8-17-9-7-12/h2-9H,1H3,(H2,18,19,21,22,23). The van der Waals surface area contributed by atoms with Crippen LogP contribution in [0.2, 0.25) is 0 Å². The lowest BCUT2D eigenvalue weighted by Crippen LogP contribution is -2.34. The molecule has 0 bridgehead atoms. The van der Waals surface area contributed by atoms with Gasteiger partial charge in [0.25, 0.3) is 5.91 Å². The first-order valence-corrected chi connectivity index (χ1v) is 7.86. The van der Waals surface area contributed by atoms with Crippen LogP contribution in [0.4, 0.5) is 9.93 Å². The summed E-state index contributed by atoms with van der Waals surface area (Å²) in [4.78, 5) is 27.8. The monoisotopic (exact) mass is 339 g/mol. The van der Waals surface area contributed by atoms with E-state index in [1.807, 2.05) is 6.92 Å². The molecule has 0 saturated carbocycles. The first-order chi connectivity index (χ1) is 11.6. The molecule has 7 nitrogen and oxygen atoms in total. The fourth-order valence-electron chi connectivity index (χ4n) is 1.89. The molecule has 2 N–H and O–H groups in total. The summed E-state index contributed by atoms with van der Waals surface area (Å²) in [6.45, 7) is 1.92. The molecule has 0 aliphatic carbocycles. The number of imide groups is 1. The summed E-state index contributed by atoms with van der Waals surface area (Å²) in [5.41, 5.74) is 2.30. The van der Waals surface area contributed by atoms with Crippen LogP contribution in [0, 0.1) is 6.92 Å². The average molecular weight is 339 g/mol. The van der Waals surface area contributed by atoms with E-state index in [2.05, 4.69) is 25.8 Å². The number of amides is 3. The van der Waals surface area contributed by atoms with Crippen molar-refractivity contribution in [2.24, 2.45) is 0 Å². The Kier molecular flexibility index (Phi) is 4.57. The Morgan fingerprint density at radius 2 is 1.71 bits per heavy atom. The van der Waals surface area contributed by atoms with E-state index >= 15 is 0 Å². The number of aromatic nitrogens is 3. The molecule has 0 atom stereocenters. The second-order valence-electron chi connectivity index (χ2n) is 4.92. The average Bonchev–Trinajstić information content (AvgIpc) is 3.04. The van der Waals surface area contributed by atoms with E-state index in [0.717, 1.165) is 11.1 Å². The van der Waals surface area contributed by atoms with Gasteiger partial charge in [0.05, 0.1) is 0 Å². The lowest BCUT2D eigenvalue weighted by molar-refractivity contribution is 0.0967. The number of nitrogens with one attached hydrogen (secondary N) is 2. The number of pyridine rings is 1. The highest BCUT2D eigenvalue weighted by Gasteiger charge is 2.13. The van der Waals surface area contributed by atoms with Crippen LogP contribution in [-0.2, 0) is 0 Å². The molecule has 0 saturated heterocycles. The highest BCUT2D eigenvalue weighted by molar-refractivity contribution is 7.18. The topological polar surface area (TPSA) is 96.9 Å². The molecule has 3 rings (SSSR count). The second kappa shape index (κ2) is 6.97. The van der Waals surface area contributed by atoms with Crippen molar-refractivity contribution < 1.29 is 9.59 Å². The summed E-state index contributed by atoms with van der Waals surface area (Å²) in [7, 11) is 0. The van der Waals surface area contributed by atoms with Gasteiger partial charge in [0.2, 0.25) is 5.13 Å². The van der Waals surface area contributed by atoms with Crippen molar-refractivity contribution >= 4 is 28.4 Å². The van der Waals surface area contributed by atoms with Crippen molar-refractivity contribution in [3.8, 4) is 10.6 Å². The lowest BCUT2D eigenvalue weighted by Gasteiger charge is -2.04. The molecule has 8 heteroatoms. The van der Waals surface area contributed by atoms with Gasteiger partial charge < -0.3 is 0 Å². The third-order valence-electron chi connectivity index (χ3n) is 3.11. The van der Waals surface area contributed by atoms with Crippen LogP contribution in [-0.4, -0.2) is 27.1 Å². The molecule has 2 aromatic heterocycles. The van der Waals surface area contributed by atoms with Gasteiger partial charge in [-0.05, 0) is 31.2 Å². The fourth-order valence-corrected chi connectivity index (χ4v) is 2.64. The number of hydrogen-bond donors (Lipinski definition) is 2. The van der Waals surface area contributed by atoms with Gasteiger partial charge in [0, 0.05) is 23.5 Å². The third-order valence-corrected chi connectivity index (χ3v) is 4.00. The number of aryl methyl sites for hydroxylation is 1. The molecule has 0 spiro atoms. The number of rotatable bonds is 3. The van der Waals surface area contributed by atoms with Gasteiger partial charge in [0.15, 0.2) is 0 Å². The number of hydrogen-bond acceptors (Lipinski definition) is 6. The normalized spacial score (nSPS) is 10.2. The number of urea groups is 1. The van der Waals surface area contributed by atoms with Crippen molar-refractivity contribution in [2.45, 2.75) is 6.92 Å². The summed E-state index contributed by atoms with van der Waals surface area (Å²) in [5.74, 6) is -0.480. The maximum absolute atomic E-state index is 12.0. The maximum atomic E-state index is 12.0. The van der Waals surface area contributed by atoms with Gasteiger partial charge in [0.1, 0.15) is 5.01 Å². The molecule has 0 radical (unpaired) electrons. The molecule has 3 amide bonds. The highest BCUT2D eigenvalue weighted by atomic mass is 32.1. The van der Waals surface area contributed by atoms with Gasteiger partial charge in [-0.15, -0.1) is 10.2 Å². The Bertz CT molecular complexity index is 862. The summed E-state index contributed by atoms with van der Waals surface area (Å²) in [5, 5.41) is 13.6. The van der Waals surface area contributed by atoms with Crippen molar-refractivity contribution in [2.75, 3.05) is 5.32 Å². The molecule has 0 aliphatic rings. The van der Waals surface area contributed by atoms with E-state index in [9.17, 15) is 9.59 Å². The minimum absolute atomic E-state index is 0.302. The van der Waals surface area contributed by atoms with Crippen LogP contribution in [0.1, 0.15) is 15.9 Å². The van der Waals surface area contributed by atoms with Gasteiger partial charge >= 0.3 is 6.03 Å². The van der Waals surface area contributed by atoms with E-state index in [0.29, 0.717) is 15.7 Å². The predicted octanol–water partition coefficient (Wildman–Crippen LogP) is 2.87. The first-order valence-electron chi connectivity index (χ1n) is 7.05. The van der Waals surface area contributed by atoms with Gasteiger partial charge in [-0.2, -0.15) is 0 Å². The summed E-state index contributed by atoms with van der Waals surface area (Å²) in [6, 6.07) is 9.86. The number of anilines is 1. The lowest BCUT2D eigenvalue weighted by atomic mass is 10.1. The molecule has 1 aromatic carbocycles. The van der Waals surface area contributed by atoms with E-state index in [-0.39, 0.29) is 0 Å². The van der Waals surface area contributed by atoms with Crippen LogP contribution in [0.25, 0.3) is 10.6 Å². The van der Waals surface area contributed by atoms with E-state index < -0.39 is 11.9 Å². The molecule has 0 unspecified atom stereocenters. The zero-order valence-electron chi connectivity index (χ0n) is 12.7. The number of carbonyl (C=O) groups excluding carboxylic acids is 2. The van der Waals surface area contributed by atoms with Gasteiger partial charge in [-0.3, -0.25) is 20.4 Å². The molecule has 3 aromatic rings. The predicted molar refractivity (Wildman–Crippen MR) is 90.8 cm³/mol. The summed E-state index contributed by atoms with van der Waals surface area (Å²) < 4.78 is 0. The number of benzene rings is 1. The molecular formula is C16H13N5O2S. The minimum Gasteiger partial charge on any atom is -0.282 e. The van der Waals surface area contributed by atoms with E-state index in [1.165, 1.54) is 11.3 Å². The van der Waals surface area contributed by atoms with Crippen molar-refractivity contribution in [3.63, 3.8) is 0 Å². The van der Waals surface area contributed by atoms with Crippen LogP contribution >= 0.6 is 11.3 Å². The Morgan fingerprint density at radius 3 is 2.42 bits per heavy atom. The first kappa shape index (κ1) is 15.8. The number of carbonyl (C=O) groups is 2. The van der Waals surface area contributed by atoms with Gasteiger partial charge in [-0.25, -0.2) is 4.79 Å². The van der Waals surface area contributed by atoms with Gasteiger partial charge in [-0.1, -0.05) is 29.0 Å². The Morgan fingerprint density at radius 1 is 1.00 bits per heavy atom.